The highest BCUT2D eigenvalue weighted by Crippen LogP contribution is 2.48. The number of nitrogens with zero attached hydrogens (tertiary/aromatic N) is 3. The topological polar surface area (TPSA) is 51.4 Å². The number of benzene rings is 2. The molecule has 1 unspecified atom stereocenters. The van der Waals surface area contributed by atoms with E-state index in [0.717, 1.165) is 16.8 Å². The summed E-state index contributed by atoms with van der Waals surface area (Å²) in [5.41, 5.74) is -2.45. The van der Waals surface area contributed by atoms with Crippen molar-refractivity contribution in [3.05, 3.63) is 74.7 Å². The Kier molecular flexibility index (Phi) is 6.45. The second-order valence-electron chi connectivity index (χ2n) is 7.33. The van der Waals surface area contributed by atoms with E-state index in [1.165, 1.54) is 18.2 Å². The number of aliphatic imine (C=N–C) groups is 1. The molecule has 1 aromatic heterocycles. The van der Waals surface area contributed by atoms with Crippen LogP contribution in [-0.2, 0) is 16.6 Å². The Morgan fingerprint density at radius 2 is 1.66 bits per heavy atom. The second kappa shape index (κ2) is 8.84. The number of rotatable bonds is 3. The first-order chi connectivity index (χ1) is 16.2. The number of nitrogens with one attached hydrogen (secondary N) is 1. The van der Waals surface area contributed by atoms with E-state index in [0.29, 0.717) is 12.4 Å². The monoisotopic (exact) mass is 560 g/mol. The molecule has 1 fully saturated rings. The summed E-state index contributed by atoms with van der Waals surface area (Å²) in [6.07, 6.45) is -9.22. The highest BCUT2D eigenvalue weighted by molar-refractivity contribution is 6.35. The Morgan fingerprint density at radius 3 is 2.23 bits per heavy atom. The zero-order chi connectivity index (χ0) is 25.8. The first-order valence-corrected chi connectivity index (χ1v) is 10.5. The third-order valence-electron chi connectivity index (χ3n) is 5.02. The lowest BCUT2D eigenvalue weighted by molar-refractivity contribution is -0.282. The minimum Gasteiger partial charge on any atom is -0.253 e. The van der Waals surface area contributed by atoms with Crippen LogP contribution in [0.4, 0.5) is 36.4 Å². The van der Waals surface area contributed by atoms with Crippen molar-refractivity contribution < 1.29 is 35.6 Å². The molecule has 4 rings (SSSR count). The highest BCUT2D eigenvalue weighted by Gasteiger charge is 2.62. The molecule has 0 radical (unpaired) electrons. The second-order valence-corrected chi connectivity index (χ2v) is 8.55. The first kappa shape index (κ1) is 25.5. The quantitative estimate of drug-likeness (QED) is 0.268. The van der Waals surface area contributed by atoms with E-state index in [4.69, 9.17) is 39.6 Å². The van der Waals surface area contributed by atoms with Gasteiger partial charge in [-0.15, -0.1) is 0 Å². The number of amidine groups is 1. The molecular formula is C20H10Cl3F7N4O. The maximum Gasteiger partial charge on any atom is 0.424 e. The number of hydrogen-bond donors (Lipinski definition) is 1. The molecule has 5 nitrogen and oxygen atoms in total. The number of halogens is 10. The Bertz CT molecular complexity index is 1300. The van der Waals surface area contributed by atoms with E-state index in [-0.39, 0.29) is 22.2 Å². The fourth-order valence-corrected chi connectivity index (χ4v) is 3.98. The van der Waals surface area contributed by atoms with Crippen LogP contribution in [0.1, 0.15) is 17.5 Å². The van der Waals surface area contributed by atoms with Gasteiger partial charge in [-0.2, -0.15) is 31.4 Å². The third-order valence-corrected chi connectivity index (χ3v) is 5.89. The normalized spacial score (nSPS) is 19.9. The van der Waals surface area contributed by atoms with Gasteiger partial charge in [0, 0.05) is 6.20 Å². The molecule has 0 aliphatic carbocycles. The van der Waals surface area contributed by atoms with E-state index in [1.807, 2.05) is 0 Å². The highest BCUT2D eigenvalue weighted by atomic mass is 35.5. The van der Waals surface area contributed by atoms with Crippen LogP contribution >= 0.6 is 34.8 Å². The van der Waals surface area contributed by atoms with Crippen LogP contribution in [0.3, 0.4) is 0 Å². The van der Waals surface area contributed by atoms with Crippen molar-refractivity contribution in [2.24, 2.45) is 4.99 Å². The van der Waals surface area contributed by atoms with Crippen molar-refractivity contribution in [3.63, 3.8) is 0 Å². The zero-order valence-corrected chi connectivity index (χ0v) is 19.0. The zero-order valence-electron chi connectivity index (χ0n) is 16.8. The van der Waals surface area contributed by atoms with Gasteiger partial charge in [-0.1, -0.05) is 34.8 Å². The number of alkyl halides is 6. The van der Waals surface area contributed by atoms with Gasteiger partial charge in [0.05, 0.1) is 44.6 Å². The molecule has 2 heterocycles. The van der Waals surface area contributed by atoms with Crippen LogP contribution < -0.4 is 5.48 Å². The minimum atomic E-state index is -5.00. The van der Waals surface area contributed by atoms with Crippen LogP contribution in [0.5, 0.6) is 0 Å². The largest absolute Gasteiger partial charge is 0.424 e. The van der Waals surface area contributed by atoms with Gasteiger partial charge >= 0.3 is 12.4 Å². The van der Waals surface area contributed by atoms with E-state index in [1.54, 1.807) is 0 Å². The predicted octanol–water partition coefficient (Wildman–Crippen LogP) is 7.40. The van der Waals surface area contributed by atoms with Crippen molar-refractivity contribution in [3.8, 4) is 5.69 Å². The summed E-state index contributed by atoms with van der Waals surface area (Å²) in [7, 11) is 0. The molecule has 15 heteroatoms. The molecule has 1 aliphatic heterocycles. The van der Waals surface area contributed by atoms with Crippen molar-refractivity contribution in [2.45, 2.75) is 24.4 Å². The molecular weight excluding hydrogens is 552 g/mol. The molecule has 1 N–H and O–H groups in total. The van der Waals surface area contributed by atoms with Crippen molar-refractivity contribution in [1.29, 1.82) is 0 Å². The van der Waals surface area contributed by atoms with Crippen LogP contribution in [0, 0.1) is 5.82 Å². The van der Waals surface area contributed by atoms with Crippen LogP contribution in [0.2, 0.25) is 15.1 Å². The van der Waals surface area contributed by atoms with E-state index < -0.39 is 51.4 Å². The lowest BCUT2D eigenvalue weighted by atomic mass is 9.90. The first-order valence-electron chi connectivity index (χ1n) is 9.36. The summed E-state index contributed by atoms with van der Waals surface area (Å²) >= 11 is 17.4. The summed E-state index contributed by atoms with van der Waals surface area (Å²) in [6, 6.07) is 5.34. The van der Waals surface area contributed by atoms with Gasteiger partial charge in [-0.25, -0.2) is 14.1 Å². The summed E-state index contributed by atoms with van der Waals surface area (Å²) < 4.78 is 95.6. The van der Waals surface area contributed by atoms with Crippen LogP contribution in [-0.4, -0.2) is 21.8 Å². The molecule has 1 aliphatic rings. The van der Waals surface area contributed by atoms with Crippen LogP contribution in [0.25, 0.3) is 5.69 Å². The maximum absolute atomic E-state index is 14.1. The molecule has 35 heavy (non-hydrogen) atoms. The Balaban J connectivity index is 1.70. The number of hydrogen-bond acceptors (Lipinski definition) is 3. The van der Waals surface area contributed by atoms with Gasteiger partial charge < -0.3 is 0 Å². The third kappa shape index (κ3) is 4.80. The number of aromatic nitrogens is 2. The van der Waals surface area contributed by atoms with Gasteiger partial charge in [0.1, 0.15) is 5.84 Å². The van der Waals surface area contributed by atoms with Crippen LogP contribution in [0.15, 0.2) is 47.7 Å². The van der Waals surface area contributed by atoms with E-state index >= 15 is 0 Å². The van der Waals surface area contributed by atoms with Crippen molar-refractivity contribution >= 4 is 46.3 Å². The average molecular weight is 562 g/mol. The summed E-state index contributed by atoms with van der Waals surface area (Å²) in [5, 5.41) is 2.37. The molecule has 0 saturated carbocycles. The lowest BCUT2D eigenvalue weighted by Gasteiger charge is -2.29. The van der Waals surface area contributed by atoms with Crippen molar-refractivity contribution in [2.75, 3.05) is 0 Å². The standard InChI is InChI=1S/C20H10Cl3F7N4O/c21-12-2-1-11(5-15(12)34-8-10(7-31-34)19(25,26)27)32-16-6-18(35-33-16,20(28,29)30)9-3-13(22)17(24)14(23)4-9/h1-5,7-8H,6H2,(H,32,33). The SMILES string of the molecule is Fc1c(Cl)cc(C2(C(F)(F)F)CC(=Nc3ccc(Cl)c(-n4cc(C(F)(F)F)cn4)c3)NO2)cc1Cl. The minimum absolute atomic E-state index is 0.00196. The van der Waals surface area contributed by atoms with Gasteiger partial charge in [0.25, 0.3) is 0 Å². The smallest absolute Gasteiger partial charge is 0.253 e. The molecule has 0 amide bonds. The van der Waals surface area contributed by atoms with Gasteiger partial charge in [-0.05, 0) is 35.9 Å². The molecule has 3 aromatic rings. The van der Waals surface area contributed by atoms with Gasteiger partial charge in [0.15, 0.2) is 5.82 Å². The van der Waals surface area contributed by atoms with Gasteiger partial charge in [0.2, 0.25) is 5.60 Å². The molecule has 1 saturated heterocycles. The molecule has 2 aromatic carbocycles. The van der Waals surface area contributed by atoms with Crippen molar-refractivity contribution in [1.82, 2.24) is 15.3 Å². The maximum atomic E-state index is 14.1. The molecule has 0 spiro atoms. The molecule has 186 valence electrons. The summed E-state index contributed by atoms with van der Waals surface area (Å²) in [5.74, 6) is -1.38. The van der Waals surface area contributed by atoms with E-state index in [9.17, 15) is 30.7 Å². The molecule has 0 bridgehead atoms. The number of hydroxylamine groups is 1. The Morgan fingerprint density at radius 1 is 1.00 bits per heavy atom. The fourth-order valence-electron chi connectivity index (χ4n) is 3.29. The molecule has 1 atom stereocenters. The summed E-state index contributed by atoms with van der Waals surface area (Å²) in [4.78, 5) is 8.95. The average Bonchev–Trinajstić information content (AvgIpc) is 3.41. The fraction of sp³-hybridized carbons (Fsp3) is 0.200. The lowest BCUT2D eigenvalue weighted by Crippen LogP contribution is -2.42. The van der Waals surface area contributed by atoms with E-state index in [2.05, 4.69) is 15.6 Å². The Labute approximate surface area is 207 Å². The predicted molar refractivity (Wildman–Crippen MR) is 114 cm³/mol. The summed E-state index contributed by atoms with van der Waals surface area (Å²) in [6.45, 7) is 0. The Hall–Kier alpha value is -2.54. The van der Waals surface area contributed by atoms with Gasteiger partial charge in [-0.3, -0.25) is 10.3 Å².